The summed E-state index contributed by atoms with van der Waals surface area (Å²) in [7, 11) is 1.28. The molecule has 0 aromatic heterocycles. The lowest BCUT2D eigenvalue weighted by molar-refractivity contribution is -0.134. The summed E-state index contributed by atoms with van der Waals surface area (Å²) in [6, 6.07) is 2.76. The van der Waals surface area contributed by atoms with Gasteiger partial charge < -0.3 is 9.84 Å². The van der Waals surface area contributed by atoms with Gasteiger partial charge in [-0.05, 0) is 17.7 Å². The van der Waals surface area contributed by atoms with Crippen molar-refractivity contribution >= 4 is 35.2 Å². The smallest absolute Gasteiger partial charge is 0.330 e. The fraction of sp³-hybridized carbons (Fsp3) is 0.100. The van der Waals surface area contributed by atoms with Crippen LogP contribution in [0.25, 0.3) is 6.08 Å². The van der Waals surface area contributed by atoms with E-state index in [0.29, 0.717) is 10.6 Å². The number of ether oxygens (including phenoxy) is 1. The van der Waals surface area contributed by atoms with Gasteiger partial charge in [0, 0.05) is 12.1 Å². The third-order valence-corrected chi connectivity index (χ3v) is 2.30. The predicted octanol–water partition coefficient (Wildman–Crippen LogP) is 2.89. The largest absolute Gasteiger partial charge is 0.506 e. The Labute approximate surface area is 96.9 Å². The molecule has 0 heterocycles. The maximum atomic E-state index is 10.8. The van der Waals surface area contributed by atoms with E-state index in [-0.39, 0.29) is 10.8 Å². The number of rotatable bonds is 2. The molecule has 1 rings (SSSR count). The molecule has 1 aromatic carbocycles. The zero-order valence-corrected chi connectivity index (χ0v) is 9.34. The van der Waals surface area contributed by atoms with Crippen molar-refractivity contribution in [2.45, 2.75) is 0 Å². The van der Waals surface area contributed by atoms with Crippen LogP contribution in [0.4, 0.5) is 0 Å². The Bertz CT molecular complexity index is 413. The number of methoxy groups -OCH3 is 1. The molecule has 0 spiro atoms. The zero-order chi connectivity index (χ0) is 11.4. The molecule has 0 saturated carbocycles. The second-order valence-corrected chi connectivity index (χ2v) is 3.50. The van der Waals surface area contributed by atoms with Crippen molar-refractivity contribution in [1.29, 1.82) is 0 Å². The van der Waals surface area contributed by atoms with E-state index in [2.05, 4.69) is 4.74 Å². The number of halogens is 2. The van der Waals surface area contributed by atoms with Crippen LogP contribution in [0.5, 0.6) is 5.75 Å². The van der Waals surface area contributed by atoms with E-state index in [9.17, 15) is 9.90 Å². The third-order valence-electron chi connectivity index (χ3n) is 1.67. The molecular formula is C10H8Cl2O3. The van der Waals surface area contributed by atoms with E-state index in [4.69, 9.17) is 23.2 Å². The number of aromatic hydroxyl groups is 1. The van der Waals surface area contributed by atoms with Crippen LogP contribution < -0.4 is 0 Å². The average Bonchev–Trinajstić information content (AvgIpc) is 2.21. The summed E-state index contributed by atoms with van der Waals surface area (Å²) >= 11 is 11.5. The summed E-state index contributed by atoms with van der Waals surface area (Å²) in [5.74, 6) is -0.591. The Morgan fingerprint density at radius 3 is 2.67 bits per heavy atom. The number of phenols is 1. The second-order valence-electron chi connectivity index (χ2n) is 2.68. The summed E-state index contributed by atoms with van der Waals surface area (Å²) < 4.78 is 4.41. The molecule has 0 saturated heterocycles. The van der Waals surface area contributed by atoms with Crippen molar-refractivity contribution < 1.29 is 14.6 Å². The number of hydrogen-bond acceptors (Lipinski definition) is 3. The lowest BCUT2D eigenvalue weighted by Gasteiger charge is -2.01. The lowest BCUT2D eigenvalue weighted by atomic mass is 10.2. The number of hydrogen-bond donors (Lipinski definition) is 1. The molecule has 5 heteroatoms. The fourth-order valence-electron chi connectivity index (χ4n) is 0.905. The van der Waals surface area contributed by atoms with Crippen LogP contribution in [0, 0.1) is 0 Å². The van der Waals surface area contributed by atoms with E-state index in [1.807, 2.05) is 0 Å². The average molecular weight is 247 g/mol. The SMILES string of the molecule is COC(=O)C=Cc1cc(Cl)c(O)cc1Cl. The maximum Gasteiger partial charge on any atom is 0.330 e. The highest BCUT2D eigenvalue weighted by Gasteiger charge is 2.04. The zero-order valence-electron chi connectivity index (χ0n) is 7.83. The van der Waals surface area contributed by atoms with Crippen molar-refractivity contribution in [2.75, 3.05) is 7.11 Å². The summed E-state index contributed by atoms with van der Waals surface area (Å²) in [6.07, 6.45) is 2.67. The number of carbonyl (C=O) groups is 1. The van der Waals surface area contributed by atoms with Gasteiger partial charge in [-0.15, -0.1) is 0 Å². The van der Waals surface area contributed by atoms with Crippen LogP contribution in [0.2, 0.25) is 10.0 Å². The molecule has 80 valence electrons. The fourth-order valence-corrected chi connectivity index (χ4v) is 1.30. The molecule has 0 aliphatic carbocycles. The van der Waals surface area contributed by atoms with Crippen molar-refractivity contribution in [3.8, 4) is 5.75 Å². The first kappa shape index (κ1) is 11.9. The van der Waals surface area contributed by atoms with E-state index < -0.39 is 5.97 Å². The van der Waals surface area contributed by atoms with Crippen molar-refractivity contribution in [3.05, 3.63) is 33.8 Å². The summed E-state index contributed by atoms with van der Waals surface area (Å²) in [4.78, 5) is 10.8. The molecule has 3 nitrogen and oxygen atoms in total. The predicted molar refractivity (Wildman–Crippen MR) is 59.2 cm³/mol. The molecule has 0 aliphatic rings. The van der Waals surface area contributed by atoms with Crippen molar-refractivity contribution in [2.24, 2.45) is 0 Å². The van der Waals surface area contributed by atoms with Gasteiger partial charge >= 0.3 is 5.97 Å². The Hall–Kier alpha value is -1.19. The summed E-state index contributed by atoms with van der Waals surface area (Å²) in [6.45, 7) is 0. The normalized spacial score (nSPS) is 10.6. The van der Waals surface area contributed by atoms with Crippen LogP contribution >= 0.6 is 23.2 Å². The number of benzene rings is 1. The van der Waals surface area contributed by atoms with Crippen LogP contribution in [0.15, 0.2) is 18.2 Å². The lowest BCUT2D eigenvalue weighted by Crippen LogP contribution is -1.93. The van der Waals surface area contributed by atoms with Crippen molar-refractivity contribution in [3.63, 3.8) is 0 Å². The Morgan fingerprint density at radius 1 is 1.40 bits per heavy atom. The molecular weight excluding hydrogens is 239 g/mol. The van der Waals surface area contributed by atoms with Gasteiger partial charge in [0.05, 0.1) is 17.2 Å². The molecule has 0 unspecified atom stereocenters. The monoisotopic (exact) mass is 246 g/mol. The Balaban J connectivity index is 3.00. The standard InChI is InChI=1S/C10H8Cl2O3/c1-15-10(14)3-2-6-4-8(12)9(13)5-7(6)11/h2-5,13H,1H3. The van der Waals surface area contributed by atoms with Crippen LogP contribution in [0.3, 0.4) is 0 Å². The van der Waals surface area contributed by atoms with Gasteiger partial charge in [0.25, 0.3) is 0 Å². The van der Waals surface area contributed by atoms with Gasteiger partial charge in [0.2, 0.25) is 0 Å². The van der Waals surface area contributed by atoms with Gasteiger partial charge in [-0.1, -0.05) is 23.2 Å². The van der Waals surface area contributed by atoms with Crippen LogP contribution in [-0.4, -0.2) is 18.2 Å². The Morgan fingerprint density at radius 2 is 2.07 bits per heavy atom. The first-order valence-corrected chi connectivity index (χ1v) is 4.74. The highest BCUT2D eigenvalue weighted by molar-refractivity contribution is 6.35. The van der Waals surface area contributed by atoms with Crippen LogP contribution in [0.1, 0.15) is 5.56 Å². The number of esters is 1. The van der Waals surface area contributed by atoms with Gasteiger partial charge in [-0.2, -0.15) is 0 Å². The topological polar surface area (TPSA) is 46.5 Å². The minimum atomic E-state index is -0.490. The molecule has 0 radical (unpaired) electrons. The van der Waals surface area contributed by atoms with Gasteiger partial charge in [-0.3, -0.25) is 0 Å². The first-order valence-electron chi connectivity index (χ1n) is 3.98. The third kappa shape index (κ3) is 3.15. The number of carbonyl (C=O) groups excluding carboxylic acids is 1. The van der Waals surface area contributed by atoms with E-state index >= 15 is 0 Å². The van der Waals surface area contributed by atoms with Gasteiger partial charge in [0.15, 0.2) is 0 Å². The molecule has 0 aliphatic heterocycles. The molecule has 0 fully saturated rings. The summed E-state index contributed by atoms with van der Waals surface area (Å²) in [5.41, 5.74) is 0.532. The van der Waals surface area contributed by atoms with E-state index in [1.54, 1.807) is 0 Å². The molecule has 1 N–H and O–H groups in total. The second kappa shape index (κ2) is 5.05. The maximum absolute atomic E-state index is 10.8. The van der Waals surface area contributed by atoms with E-state index in [0.717, 1.165) is 0 Å². The quantitative estimate of drug-likeness (QED) is 0.645. The molecule has 15 heavy (non-hydrogen) atoms. The number of phenolic OH excluding ortho intramolecular Hbond substituents is 1. The molecule has 0 atom stereocenters. The van der Waals surface area contributed by atoms with Crippen LogP contribution in [-0.2, 0) is 9.53 Å². The molecule has 0 amide bonds. The molecule has 1 aromatic rings. The van der Waals surface area contributed by atoms with Gasteiger partial charge in [-0.25, -0.2) is 4.79 Å². The minimum absolute atomic E-state index is 0.100. The molecule has 0 bridgehead atoms. The first-order chi connectivity index (χ1) is 7.04. The highest BCUT2D eigenvalue weighted by Crippen LogP contribution is 2.30. The van der Waals surface area contributed by atoms with E-state index in [1.165, 1.54) is 31.4 Å². The van der Waals surface area contributed by atoms with Crippen molar-refractivity contribution in [1.82, 2.24) is 0 Å². The minimum Gasteiger partial charge on any atom is -0.506 e. The van der Waals surface area contributed by atoms with Gasteiger partial charge in [0.1, 0.15) is 5.75 Å². The summed E-state index contributed by atoms with van der Waals surface area (Å²) in [5, 5.41) is 9.69. The highest BCUT2D eigenvalue weighted by atomic mass is 35.5. The Kier molecular flexibility index (Phi) is 4.00.